The third-order valence-corrected chi connectivity index (χ3v) is 2.65. The van der Waals surface area contributed by atoms with Crippen molar-refractivity contribution >= 4 is 0 Å². The zero-order valence-electron chi connectivity index (χ0n) is 8.17. The molecule has 0 aromatic carbocycles. The van der Waals surface area contributed by atoms with Crippen molar-refractivity contribution in [3.05, 3.63) is 24.0 Å². The molecule has 0 aromatic heterocycles. The summed E-state index contributed by atoms with van der Waals surface area (Å²) in [5, 5.41) is 0. The van der Waals surface area contributed by atoms with E-state index < -0.39 is 11.8 Å². The van der Waals surface area contributed by atoms with Gasteiger partial charge >= 0.3 is 0 Å². The van der Waals surface area contributed by atoms with Crippen LogP contribution in [0.4, 0.5) is 8.78 Å². The van der Waals surface area contributed by atoms with Crippen molar-refractivity contribution in [2.24, 2.45) is 11.8 Å². The van der Waals surface area contributed by atoms with Crippen molar-refractivity contribution in [3.8, 4) is 0 Å². The van der Waals surface area contributed by atoms with Crippen molar-refractivity contribution < 1.29 is 13.5 Å². The highest BCUT2D eigenvalue weighted by Crippen LogP contribution is 2.48. The highest BCUT2D eigenvalue weighted by Gasteiger charge is 2.57. The van der Waals surface area contributed by atoms with E-state index in [0.29, 0.717) is 5.92 Å². The molecule has 0 aliphatic heterocycles. The molecule has 1 nitrogen and oxygen atoms in total. The molecule has 0 saturated heterocycles. The molecule has 0 heterocycles. The van der Waals surface area contributed by atoms with Crippen LogP contribution in [0.15, 0.2) is 24.0 Å². The lowest BCUT2D eigenvalue weighted by Crippen LogP contribution is -2.05. The minimum absolute atomic E-state index is 0.0143. The molecule has 0 spiro atoms. The van der Waals surface area contributed by atoms with E-state index in [9.17, 15) is 8.78 Å². The third-order valence-electron chi connectivity index (χ3n) is 2.65. The molecule has 0 bridgehead atoms. The van der Waals surface area contributed by atoms with Gasteiger partial charge in [0.15, 0.2) is 0 Å². The second-order valence-corrected chi connectivity index (χ2v) is 4.16. The standard InChI is InChI=1S/C11H14F2O/c1-8-3-2-4-10(5-8)14-7-9-6-11(9,12)13/h2,4-5,8-9H,3,6-7H2,1H3. The van der Waals surface area contributed by atoms with E-state index in [-0.39, 0.29) is 13.0 Å². The fourth-order valence-corrected chi connectivity index (χ4v) is 1.55. The highest BCUT2D eigenvalue weighted by atomic mass is 19.3. The number of ether oxygens (including phenoxy) is 1. The predicted molar refractivity (Wildman–Crippen MR) is 50.0 cm³/mol. The van der Waals surface area contributed by atoms with Gasteiger partial charge < -0.3 is 4.74 Å². The molecular formula is C11H14F2O. The normalized spacial score (nSPS) is 33.8. The van der Waals surface area contributed by atoms with Gasteiger partial charge in [-0.2, -0.15) is 0 Å². The predicted octanol–water partition coefficient (Wildman–Crippen LogP) is 3.14. The maximum Gasteiger partial charge on any atom is 0.255 e. The van der Waals surface area contributed by atoms with E-state index in [1.807, 2.05) is 18.2 Å². The Morgan fingerprint density at radius 3 is 2.86 bits per heavy atom. The lowest BCUT2D eigenvalue weighted by atomic mass is 10.0. The van der Waals surface area contributed by atoms with Gasteiger partial charge in [-0.3, -0.25) is 0 Å². The average molecular weight is 200 g/mol. The Morgan fingerprint density at radius 2 is 2.29 bits per heavy atom. The topological polar surface area (TPSA) is 9.23 Å². The van der Waals surface area contributed by atoms with Gasteiger partial charge in [-0.15, -0.1) is 0 Å². The Bertz CT molecular complexity index is 281. The first-order chi connectivity index (χ1) is 6.58. The second-order valence-electron chi connectivity index (χ2n) is 4.16. The number of hydrogen-bond donors (Lipinski definition) is 0. The number of halogens is 2. The number of allylic oxidation sites excluding steroid dienone is 3. The largest absolute Gasteiger partial charge is 0.493 e. The van der Waals surface area contributed by atoms with Gasteiger partial charge in [-0.05, 0) is 24.5 Å². The fraction of sp³-hybridized carbons (Fsp3) is 0.636. The van der Waals surface area contributed by atoms with Crippen LogP contribution in [0.1, 0.15) is 19.8 Å². The van der Waals surface area contributed by atoms with E-state index in [4.69, 9.17) is 4.74 Å². The SMILES string of the molecule is CC1C=C(OCC2CC2(F)F)C=CC1. The zero-order valence-corrected chi connectivity index (χ0v) is 8.17. The number of alkyl halides is 2. The maximum absolute atomic E-state index is 12.5. The zero-order chi connectivity index (χ0) is 10.2. The molecule has 2 unspecified atom stereocenters. The summed E-state index contributed by atoms with van der Waals surface area (Å²) in [7, 11) is 0. The molecular weight excluding hydrogens is 186 g/mol. The van der Waals surface area contributed by atoms with Gasteiger partial charge in [0.05, 0.1) is 12.5 Å². The van der Waals surface area contributed by atoms with E-state index in [0.717, 1.165) is 12.2 Å². The Kier molecular flexibility index (Phi) is 2.33. The first-order valence-corrected chi connectivity index (χ1v) is 4.97. The van der Waals surface area contributed by atoms with Crippen LogP contribution in [0.2, 0.25) is 0 Å². The molecule has 14 heavy (non-hydrogen) atoms. The molecule has 78 valence electrons. The molecule has 1 fully saturated rings. The molecule has 2 rings (SSSR count). The Morgan fingerprint density at radius 1 is 1.57 bits per heavy atom. The van der Waals surface area contributed by atoms with Gasteiger partial charge in [-0.25, -0.2) is 8.78 Å². The van der Waals surface area contributed by atoms with Gasteiger partial charge in [0.2, 0.25) is 0 Å². The molecule has 0 aromatic rings. The van der Waals surface area contributed by atoms with Crippen LogP contribution in [-0.4, -0.2) is 12.5 Å². The highest BCUT2D eigenvalue weighted by molar-refractivity contribution is 5.18. The molecule has 0 amide bonds. The van der Waals surface area contributed by atoms with E-state index in [1.165, 1.54) is 0 Å². The summed E-state index contributed by atoms with van der Waals surface area (Å²) in [6, 6.07) is 0. The van der Waals surface area contributed by atoms with Crippen LogP contribution in [0.5, 0.6) is 0 Å². The number of rotatable bonds is 3. The van der Waals surface area contributed by atoms with Crippen molar-refractivity contribution in [1.29, 1.82) is 0 Å². The summed E-state index contributed by atoms with van der Waals surface area (Å²) in [4.78, 5) is 0. The van der Waals surface area contributed by atoms with E-state index in [1.54, 1.807) is 0 Å². The van der Waals surface area contributed by atoms with Crippen LogP contribution < -0.4 is 0 Å². The van der Waals surface area contributed by atoms with Crippen LogP contribution in [0, 0.1) is 11.8 Å². The quantitative estimate of drug-likeness (QED) is 0.680. The van der Waals surface area contributed by atoms with Crippen molar-refractivity contribution in [1.82, 2.24) is 0 Å². The maximum atomic E-state index is 12.5. The van der Waals surface area contributed by atoms with Crippen LogP contribution in [-0.2, 0) is 4.74 Å². The average Bonchev–Trinajstić information content (AvgIpc) is 2.71. The van der Waals surface area contributed by atoms with Gasteiger partial charge in [0.1, 0.15) is 5.76 Å². The summed E-state index contributed by atoms with van der Waals surface area (Å²) in [6.07, 6.45) is 6.86. The van der Waals surface area contributed by atoms with Crippen molar-refractivity contribution in [2.45, 2.75) is 25.7 Å². The molecule has 1 saturated carbocycles. The molecule has 0 N–H and O–H groups in total. The summed E-state index contributed by atoms with van der Waals surface area (Å²) in [5.74, 6) is -1.83. The van der Waals surface area contributed by atoms with Gasteiger partial charge in [0, 0.05) is 6.42 Å². The summed E-state index contributed by atoms with van der Waals surface area (Å²) in [6.45, 7) is 2.23. The molecule has 2 aliphatic carbocycles. The lowest BCUT2D eigenvalue weighted by Gasteiger charge is -2.13. The molecule has 0 radical (unpaired) electrons. The Labute approximate surface area is 82.4 Å². The monoisotopic (exact) mass is 200 g/mol. The lowest BCUT2D eigenvalue weighted by molar-refractivity contribution is 0.0750. The smallest absolute Gasteiger partial charge is 0.255 e. The molecule has 2 aliphatic rings. The summed E-state index contributed by atoms with van der Waals surface area (Å²) < 4.78 is 30.3. The fourth-order valence-electron chi connectivity index (χ4n) is 1.55. The van der Waals surface area contributed by atoms with Crippen LogP contribution in [0.25, 0.3) is 0 Å². The van der Waals surface area contributed by atoms with E-state index in [2.05, 4.69) is 6.92 Å². The first kappa shape index (κ1) is 9.69. The van der Waals surface area contributed by atoms with Crippen LogP contribution in [0.3, 0.4) is 0 Å². The Balaban J connectivity index is 1.79. The third kappa shape index (κ3) is 2.14. The summed E-state index contributed by atoms with van der Waals surface area (Å²) >= 11 is 0. The second kappa shape index (κ2) is 3.37. The van der Waals surface area contributed by atoms with E-state index >= 15 is 0 Å². The minimum Gasteiger partial charge on any atom is -0.493 e. The van der Waals surface area contributed by atoms with Crippen LogP contribution >= 0.6 is 0 Å². The number of hydrogen-bond acceptors (Lipinski definition) is 1. The molecule has 3 heteroatoms. The summed E-state index contributed by atoms with van der Waals surface area (Å²) in [5.41, 5.74) is 0. The van der Waals surface area contributed by atoms with Crippen molar-refractivity contribution in [2.75, 3.05) is 6.61 Å². The minimum atomic E-state index is -2.47. The first-order valence-electron chi connectivity index (χ1n) is 4.97. The Hall–Kier alpha value is -0.860. The van der Waals surface area contributed by atoms with Crippen molar-refractivity contribution in [3.63, 3.8) is 0 Å². The van der Waals surface area contributed by atoms with Gasteiger partial charge in [-0.1, -0.05) is 13.0 Å². The molecule has 2 atom stereocenters. The van der Waals surface area contributed by atoms with Gasteiger partial charge in [0.25, 0.3) is 5.92 Å².